The highest BCUT2D eigenvalue weighted by molar-refractivity contribution is 7.87. The van der Waals surface area contributed by atoms with E-state index in [0.717, 1.165) is 24.3 Å². The molecule has 0 bridgehead atoms. The number of aromatic nitrogens is 2. The minimum atomic E-state index is -4.88. The Morgan fingerprint density at radius 2 is 1.22 bits per heavy atom. The molecule has 0 saturated heterocycles. The molecule has 0 fully saturated rings. The van der Waals surface area contributed by atoms with Crippen LogP contribution in [0.25, 0.3) is 23.3 Å². The summed E-state index contributed by atoms with van der Waals surface area (Å²) in [5.74, 6) is 0. The highest BCUT2D eigenvalue weighted by Crippen LogP contribution is 2.30. The first-order valence-corrected chi connectivity index (χ1v) is 16.7. The Labute approximate surface area is 259 Å². The van der Waals surface area contributed by atoms with Gasteiger partial charge in [0, 0.05) is 12.1 Å². The van der Waals surface area contributed by atoms with Crippen LogP contribution in [0.3, 0.4) is 0 Å². The average Bonchev–Trinajstić information content (AvgIpc) is 3.81. The van der Waals surface area contributed by atoms with Gasteiger partial charge in [0.1, 0.15) is 19.7 Å². The molecule has 20 heteroatoms. The van der Waals surface area contributed by atoms with Crippen molar-refractivity contribution in [2.24, 2.45) is 10.2 Å². The number of H-pyrrole nitrogens is 1. The van der Waals surface area contributed by atoms with Gasteiger partial charge in [-0.05, 0) is 70.8 Å². The lowest BCUT2D eigenvalue weighted by molar-refractivity contribution is -0.385. The standard InChI is InChI=1S/C26H19N5O12S3/c32-30(33)23-12-7-19(26(16-23)45(37,38)39)2-1-18-3-4-20(15-25(18)44(34,35)36)17-5-8-21(9-6-17)27-28-22-10-13-24(14-11-22)46(40,41)43-31-29-42-31/h1-16,29H,(H,34,35,36)(H,37,38,39)/b2-1+,28-27?. The van der Waals surface area contributed by atoms with Gasteiger partial charge in [0.25, 0.3) is 25.9 Å². The summed E-state index contributed by atoms with van der Waals surface area (Å²) in [5, 5.41) is 21.8. The molecule has 238 valence electrons. The lowest BCUT2D eigenvalue weighted by Gasteiger charge is -2.08. The lowest BCUT2D eigenvalue weighted by atomic mass is 10.0. The van der Waals surface area contributed by atoms with Gasteiger partial charge >= 0.3 is 10.1 Å². The second-order valence-electron chi connectivity index (χ2n) is 9.22. The third-order valence-electron chi connectivity index (χ3n) is 6.16. The van der Waals surface area contributed by atoms with Crippen molar-refractivity contribution in [1.29, 1.82) is 0 Å². The Hall–Kier alpha value is -5.41. The fraction of sp³-hybridized carbons (Fsp3) is 0. The highest BCUT2D eigenvalue weighted by atomic mass is 32.2. The molecule has 5 aromatic rings. The predicted molar refractivity (Wildman–Crippen MR) is 159 cm³/mol. The zero-order valence-corrected chi connectivity index (χ0v) is 25.2. The summed E-state index contributed by atoms with van der Waals surface area (Å²) in [5.41, 5.74) is 0.847. The molecule has 0 radical (unpaired) electrons. The molecule has 0 spiro atoms. The molecular weight excluding hydrogens is 671 g/mol. The summed E-state index contributed by atoms with van der Waals surface area (Å²) in [6.45, 7) is 0. The van der Waals surface area contributed by atoms with E-state index in [9.17, 15) is 44.5 Å². The molecule has 17 nitrogen and oxygen atoms in total. The number of nitrogens with zero attached hydrogens (tertiary/aromatic N) is 4. The van der Waals surface area contributed by atoms with Crippen LogP contribution in [0.15, 0.2) is 114 Å². The van der Waals surface area contributed by atoms with E-state index in [1.165, 1.54) is 42.5 Å². The molecule has 3 N–H and O–H groups in total. The molecule has 46 heavy (non-hydrogen) atoms. The molecule has 1 heterocycles. The molecule has 0 amide bonds. The molecule has 0 aliphatic carbocycles. The number of rotatable bonds is 11. The Morgan fingerprint density at radius 1 is 0.739 bits per heavy atom. The topological polar surface area (TPSA) is 254 Å². The highest BCUT2D eigenvalue weighted by Gasteiger charge is 2.21. The normalized spacial score (nSPS) is 12.7. The summed E-state index contributed by atoms with van der Waals surface area (Å²) in [6.07, 6.45) is 2.28. The molecule has 5 rings (SSSR count). The van der Waals surface area contributed by atoms with Gasteiger partial charge in [-0.1, -0.05) is 41.7 Å². The third kappa shape index (κ3) is 7.62. The van der Waals surface area contributed by atoms with Crippen molar-refractivity contribution in [3.8, 4) is 11.1 Å². The van der Waals surface area contributed by atoms with Gasteiger partial charge in [-0.3, -0.25) is 19.2 Å². The van der Waals surface area contributed by atoms with Crippen LogP contribution in [0.4, 0.5) is 17.1 Å². The third-order valence-corrected chi connectivity index (χ3v) is 9.16. The fourth-order valence-electron chi connectivity index (χ4n) is 3.95. The SMILES string of the molecule is O=[N+]([O-])c1ccc(/C=C/c2ccc(-c3ccc(N=Nc4ccc(S(=O)(=O)On5[nH]o5)cc4)cc3)cc2S(=O)(=O)O)c(S(=O)(=O)O)c1. The Kier molecular flexibility index (Phi) is 8.47. The number of benzene rings is 4. The Morgan fingerprint density at radius 3 is 1.72 bits per heavy atom. The minimum absolute atomic E-state index is 0.0447. The van der Waals surface area contributed by atoms with Gasteiger partial charge in [-0.2, -0.15) is 35.5 Å². The smallest absolute Gasteiger partial charge is 0.282 e. The zero-order valence-electron chi connectivity index (χ0n) is 22.7. The van der Waals surface area contributed by atoms with Crippen LogP contribution in [0, 0.1) is 10.1 Å². The second kappa shape index (κ2) is 12.2. The first-order valence-electron chi connectivity index (χ1n) is 12.5. The van der Waals surface area contributed by atoms with Crippen molar-refractivity contribution in [2.45, 2.75) is 14.7 Å². The van der Waals surface area contributed by atoms with Gasteiger partial charge in [0.2, 0.25) is 0 Å². The predicted octanol–water partition coefficient (Wildman–Crippen LogP) is 4.88. The summed E-state index contributed by atoms with van der Waals surface area (Å²) in [4.78, 5) is 8.75. The van der Waals surface area contributed by atoms with Gasteiger partial charge in [-0.15, -0.1) is 0 Å². The number of aromatic amines is 1. The first kappa shape index (κ1) is 32.0. The van der Waals surface area contributed by atoms with Gasteiger partial charge in [0.05, 0.1) is 16.3 Å². The molecule has 0 atom stereocenters. The monoisotopic (exact) mass is 689 g/mol. The first-order chi connectivity index (χ1) is 21.6. The summed E-state index contributed by atoms with van der Waals surface area (Å²) in [7, 11) is -13.8. The molecule has 1 aromatic heterocycles. The number of nitro groups is 1. The van der Waals surface area contributed by atoms with E-state index in [-0.39, 0.29) is 16.0 Å². The largest absolute Gasteiger partial charge is 0.361 e. The van der Waals surface area contributed by atoms with Crippen LogP contribution in [-0.4, -0.2) is 49.6 Å². The molecule has 0 unspecified atom stereocenters. The maximum Gasteiger partial charge on any atom is 0.361 e. The molecule has 4 aromatic carbocycles. The van der Waals surface area contributed by atoms with E-state index in [4.69, 9.17) is 0 Å². The van der Waals surface area contributed by atoms with Gasteiger partial charge in [-0.25, -0.2) is 8.91 Å². The van der Waals surface area contributed by atoms with E-state index in [1.54, 1.807) is 24.3 Å². The van der Waals surface area contributed by atoms with Crippen LogP contribution in [0.1, 0.15) is 11.1 Å². The van der Waals surface area contributed by atoms with Gasteiger partial charge in [0.15, 0.2) is 0 Å². The Bertz CT molecular complexity index is 2310. The van der Waals surface area contributed by atoms with E-state index < -0.39 is 50.8 Å². The summed E-state index contributed by atoms with van der Waals surface area (Å²) >= 11 is 0. The minimum Gasteiger partial charge on any atom is -0.282 e. The van der Waals surface area contributed by atoms with E-state index in [0.29, 0.717) is 33.6 Å². The maximum absolute atomic E-state index is 12.2. The van der Waals surface area contributed by atoms with E-state index in [2.05, 4.69) is 24.4 Å². The van der Waals surface area contributed by atoms with Crippen molar-refractivity contribution in [3.63, 3.8) is 0 Å². The van der Waals surface area contributed by atoms with Gasteiger partial charge < -0.3 is 0 Å². The number of azo groups is 1. The second-order valence-corrected chi connectivity index (χ2v) is 13.5. The molecule has 0 aliphatic rings. The number of nitrogens with one attached hydrogen (secondary N) is 1. The average molecular weight is 690 g/mol. The molecular formula is C26H19N5O12S3. The Balaban J connectivity index is 1.37. The van der Waals surface area contributed by atoms with Crippen LogP contribution in [0.5, 0.6) is 0 Å². The van der Waals surface area contributed by atoms with Crippen LogP contribution >= 0.6 is 0 Å². The molecule has 0 aliphatic heterocycles. The number of non-ortho nitro benzene ring substituents is 1. The fourth-order valence-corrected chi connectivity index (χ4v) is 6.16. The maximum atomic E-state index is 12.2. The number of hydrogen-bond acceptors (Lipinski definition) is 12. The lowest BCUT2D eigenvalue weighted by Crippen LogP contribution is -2.15. The van der Waals surface area contributed by atoms with Crippen molar-refractivity contribution >= 4 is 59.6 Å². The quantitative estimate of drug-likeness (QED) is 0.0551. The van der Waals surface area contributed by atoms with Crippen LogP contribution in [0.2, 0.25) is 0 Å². The zero-order chi connectivity index (χ0) is 33.3. The summed E-state index contributed by atoms with van der Waals surface area (Å²) < 4.78 is 100. The van der Waals surface area contributed by atoms with E-state index >= 15 is 0 Å². The van der Waals surface area contributed by atoms with Crippen LogP contribution < -0.4 is 4.28 Å². The van der Waals surface area contributed by atoms with Crippen LogP contribution in [-0.2, 0) is 30.4 Å². The number of hydrogen-bond donors (Lipinski definition) is 3. The van der Waals surface area contributed by atoms with Crippen molar-refractivity contribution in [2.75, 3.05) is 0 Å². The number of nitro benzene ring substituents is 1. The van der Waals surface area contributed by atoms with Crippen molar-refractivity contribution < 1.29 is 48.2 Å². The molecule has 0 saturated carbocycles. The van der Waals surface area contributed by atoms with E-state index in [1.807, 2.05) is 0 Å². The summed E-state index contributed by atoms with van der Waals surface area (Å²) in [6, 6.07) is 18.5. The van der Waals surface area contributed by atoms with Crippen molar-refractivity contribution in [3.05, 3.63) is 106 Å². The van der Waals surface area contributed by atoms with Crippen molar-refractivity contribution in [1.82, 2.24) is 10.3 Å².